The summed E-state index contributed by atoms with van der Waals surface area (Å²) >= 11 is 0. The van der Waals surface area contributed by atoms with Crippen molar-refractivity contribution in [1.29, 1.82) is 0 Å². The highest BCUT2D eigenvalue weighted by molar-refractivity contribution is 5.83. The number of nitrogens with one attached hydrogen (secondary N) is 1. The van der Waals surface area contributed by atoms with Crippen LogP contribution in [0.2, 0.25) is 0 Å². The highest BCUT2D eigenvalue weighted by Gasteiger charge is 2.10. The molecule has 0 aromatic heterocycles. The molecular formula is C40H35N. The number of benzene rings is 6. The lowest BCUT2D eigenvalue weighted by molar-refractivity contribution is 1.45. The monoisotopic (exact) mass is 529 g/mol. The third kappa shape index (κ3) is 6.15. The van der Waals surface area contributed by atoms with Gasteiger partial charge in [-0.05, 0) is 109 Å². The molecule has 6 aromatic carbocycles. The first-order valence-electron chi connectivity index (χ1n) is 14.2. The van der Waals surface area contributed by atoms with Crippen LogP contribution in [0.15, 0.2) is 133 Å². The Labute approximate surface area is 244 Å². The molecule has 1 nitrogen and oxygen atoms in total. The van der Waals surface area contributed by atoms with E-state index in [1.165, 1.54) is 66.8 Å². The van der Waals surface area contributed by atoms with Gasteiger partial charge in [-0.1, -0.05) is 119 Å². The summed E-state index contributed by atoms with van der Waals surface area (Å²) in [5.74, 6) is 0. The second kappa shape index (κ2) is 11.3. The first kappa shape index (κ1) is 26.3. The van der Waals surface area contributed by atoms with E-state index in [9.17, 15) is 0 Å². The molecule has 41 heavy (non-hydrogen) atoms. The highest BCUT2D eigenvalue weighted by Crippen LogP contribution is 2.35. The van der Waals surface area contributed by atoms with Crippen molar-refractivity contribution in [2.75, 3.05) is 5.32 Å². The van der Waals surface area contributed by atoms with Crippen molar-refractivity contribution in [3.8, 4) is 44.5 Å². The standard InChI is InChI=1S/C40H35N/c1-27-5-13-31(14-6-27)35-21-36(32-15-7-28(2)8-16-32)24-39(23-35)41-40-25-37(33-17-9-29(3)10-18-33)22-38(26-40)34-19-11-30(4)12-20-34/h5-26,41H,1-4H3. The summed E-state index contributed by atoms with van der Waals surface area (Å²) in [6, 6.07) is 48.7. The summed E-state index contributed by atoms with van der Waals surface area (Å²) in [4.78, 5) is 0. The number of rotatable bonds is 6. The van der Waals surface area contributed by atoms with Crippen LogP contribution in [0.25, 0.3) is 44.5 Å². The van der Waals surface area contributed by atoms with E-state index in [1.54, 1.807) is 0 Å². The Morgan fingerprint density at radius 2 is 0.488 bits per heavy atom. The minimum absolute atomic E-state index is 1.06. The zero-order valence-corrected chi connectivity index (χ0v) is 24.2. The van der Waals surface area contributed by atoms with Gasteiger partial charge in [0.25, 0.3) is 0 Å². The van der Waals surface area contributed by atoms with Crippen molar-refractivity contribution in [2.45, 2.75) is 27.7 Å². The molecule has 0 fully saturated rings. The molecule has 1 heteroatoms. The van der Waals surface area contributed by atoms with Gasteiger partial charge < -0.3 is 5.32 Å². The molecule has 0 radical (unpaired) electrons. The van der Waals surface area contributed by atoms with E-state index in [1.807, 2.05) is 0 Å². The van der Waals surface area contributed by atoms with Crippen LogP contribution in [-0.2, 0) is 0 Å². The molecule has 0 spiro atoms. The van der Waals surface area contributed by atoms with Gasteiger partial charge in [-0.2, -0.15) is 0 Å². The number of anilines is 2. The number of aryl methyl sites for hydroxylation is 4. The fourth-order valence-electron chi connectivity index (χ4n) is 5.22. The third-order valence-electron chi connectivity index (χ3n) is 7.69. The van der Waals surface area contributed by atoms with Gasteiger partial charge in [0, 0.05) is 11.4 Å². The molecule has 0 atom stereocenters. The lowest BCUT2D eigenvalue weighted by Crippen LogP contribution is -1.94. The second-order valence-corrected chi connectivity index (χ2v) is 11.2. The van der Waals surface area contributed by atoms with Crippen LogP contribution in [0.4, 0.5) is 11.4 Å². The minimum atomic E-state index is 1.06. The maximum Gasteiger partial charge on any atom is 0.0396 e. The fourth-order valence-corrected chi connectivity index (χ4v) is 5.22. The molecule has 0 aliphatic rings. The average Bonchev–Trinajstić information content (AvgIpc) is 2.98. The van der Waals surface area contributed by atoms with Crippen molar-refractivity contribution in [3.05, 3.63) is 156 Å². The quantitative estimate of drug-likeness (QED) is 0.226. The predicted molar refractivity (Wildman–Crippen MR) is 177 cm³/mol. The number of hydrogen-bond acceptors (Lipinski definition) is 1. The van der Waals surface area contributed by atoms with Crippen LogP contribution in [0.1, 0.15) is 22.3 Å². The zero-order chi connectivity index (χ0) is 28.3. The molecule has 0 saturated carbocycles. The van der Waals surface area contributed by atoms with E-state index in [0.29, 0.717) is 0 Å². The van der Waals surface area contributed by atoms with Gasteiger partial charge in [-0.25, -0.2) is 0 Å². The van der Waals surface area contributed by atoms with Crippen molar-refractivity contribution in [2.24, 2.45) is 0 Å². The van der Waals surface area contributed by atoms with Crippen LogP contribution in [0.5, 0.6) is 0 Å². The summed E-state index contributed by atoms with van der Waals surface area (Å²) in [6.45, 7) is 8.52. The number of hydrogen-bond donors (Lipinski definition) is 1. The fraction of sp³-hybridized carbons (Fsp3) is 0.100. The Bertz CT molecular complexity index is 1530. The Balaban J connectivity index is 1.46. The van der Waals surface area contributed by atoms with Gasteiger partial charge in [-0.15, -0.1) is 0 Å². The zero-order valence-electron chi connectivity index (χ0n) is 24.2. The Morgan fingerprint density at radius 1 is 0.268 bits per heavy atom. The van der Waals surface area contributed by atoms with Crippen LogP contribution >= 0.6 is 0 Å². The van der Waals surface area contributed by atoms with E-state index in [2.05, 4.69) is 166 Å². The molecule has 0 saturated heterocycles. The molecule has 0 amide bonds. The van der Waals surface area contributed by atoms with Crippen LogP contribution in [0, 0.1) is 27.7 Å². The summed E-state index contributed by atoms with van der Waals surface area (Å²) < 4.78 is 0. The smallest absolute Gasteiger partial charge is 0.0396 e. The lowest BCUT2D eigenvalue weighted by atomic mass is 9.96. The van der Waals surface area contributed by atoms with Crippen molar-refractivity contribution >= 4 is 11.4 Å². The maximum absolute atomic E-state index is 3.79. The lowest BCUT2D eigenvalue weighted by Gasteiger charge is -2.16. The largest absolute Gasteiger partial charge is 0.355 e. The molecule has 0 aliphatic heterocycles. The van der Waals surface area contributed by atoms with E-state index in [0.717, 1.165) is 11.4 Å². The molecule has 200 valence electrons. The highest BCUT2D eigenvalue weighted by atomic mass is 14.9. The SMILES string of the molecule is Cc1ccc(-c2cc(Nc3cc(-c4ccc(C)cc4)cc(-c4ccc(C)cc4)c3)cc(-c3ccc(C)cc3)c2)cc1. The second-order valence-electron chi connectivity index (χ2n) is 11.2. The third-order valence-corrected chi connectivity index (χ3v) is 7.69. The van der Waals surface area contributed by atoms with Gasteiger partial charge in [0.2, 0.25) is 0 Å². The van der Waals surface area contributed by atoms with Gasteiger partial charge in [-0.3, -0.25) is 0 Å². The molecule has 0 bridgehead atoms. The summed E-state index contributed by atoms with van der Waals surface area (Å²) in [5, 5.41) is 3.79. The Kier molecular flexibility index (Phi) is 7.27. The normalized spacial score (nSPS) is 10.9. The molecule has 6 aromatic rings. The predicted octanol–water partition coefficient (Wildman–Crippen LogP) is 11.3. The first-order chi connectivity index (χ1) is 19.9. The maximum atomic E-state index is 3.79. The Morgan fingerprint density at radius 3 is 0.707 bits per heavy atom. The molecule has 6 rings (SSSR count). The summed E-state index contributed by atoms with van der Waals surface area (Å²) in [5.41, 5.74) is 16.8. The minimum Gasteiger partial charge on any atom is -0.355 e. The molecular weight excluding hydrogens is 494 g/mol. The van der Waals surface area contributed by atoms with Gasteiger partial charge in [0.1, 0.15) is 0 Å². The van der Waals surface area contributed by atoms with Crippen LogP contribution in [-0.4, -0.2) is 0 Å². The van der Waals surface area contributed by atoms with Gasteiger partial charge in [0.15, 0.2) is 0 Å². The molecule has 0 heterocycles. The van der Waals surface area contributed by atoms with E-state index >= 15 is 0 Å². The van der Waals surface area contributed by atoms with Crippen LogP contribution < -0.4 is 5.32 Å². The van der Waals surface area contributed by atoms with E-state index < -0.39 is 0 Å². The summed E-state index contributed by atoms with van der Waals surface area (Å²) in [7, 11) is 0. The summed E-state index contributed by atoms with van der Waals surface area (Å²) in [6.07, 6.45) is 0. The van der Waals surface area contributed by atoms with E-state index in [4.69, 9.17) is 0 Å². The Hall–Kier alpha value is -4.88. The van der Waals surface area contributed by atoms with Gasteiger partial charge in [0.05, 0.1) is 0 Å². The molecule has 1 N–H and O–H groups in total. The van der Waals surface area contributed by atoms with E-state index in [-0.39, 0.29) is 0 Å². The van der Waals surface area contributed by atoms with Gasteiger partial charge >= 0.3 is 0 Å². The topological polar surface area (TPSA) is 12.0 Å². The molecule has 0 aliphatic carbocycles. The first-order valence-corrected chi connectivity index (χ1v) is 14.2. The molecule has 0 unspecified atom stereocenters. The van der Waals surface area contributed by atoms with Crippen molar-refractivity contribution in [3.63, 3.8) is 0 Å². The van der Waals surface area contributed by atoms with Crippen LogP contribution in [0.3, 0.4) is 0 Å². The van der Waals surface area contributed by atoms with Crippen molar-refractivity contribution < 1.29 is 0 Å². The average molecular weight is 530 g/mol. The van der Waals surface area contributed by atoms with Crippen molar-refractivity contribution in [1.82, 2.24) is 0 Å².